The summed E-state index contributed by atoms with van der Waals surface area (Å²) >= 11 is 0. The maximum atomic E-state index is 13.3. The lowest BCUT2D eigenvalue weighted by atomic mass is 9.98. The van der Waals surface area contributed by atoms with Gasteiger partial charge < -0.3 is 41.7 Å². The second-order valence-corrected chi connectivity index (χ2v) is 10.5. The van der Waals surface area contributed by atoms with E-state index in [0.29, 0.717) is 17.5 Å². The summed E-state index contributed by atoms with van der Waals surface area (Å²) in [6, 6.07) is 0.514. The fraction of sp³-hybridized carbons (Fsp3) is 0.517. The zero-order valence-corrected chi connectivity index (χ0v) is 25.2. The molecule has 0 heterocycles. The molecular weight excluding hydrogens is 596 g/mol. The zero-order valence-electron chi connectivity index (χ0n) is 25.2. The highest BCUT2D eigenvalue weighted by atomic mass is 16.4. The van der Waals surface area contributed by atoms with Gasteiger partial charge >= 0.3 is 23.9 Å². The van der Waals surface area contributed by atoms with E-state index in [0.717, 1.165) is 6.92 Å². The Balaban J connectivity index is 3.23. The van der Waals surface area contributed by atoms with E-state index in [1.165, 1.54) is 12.1 Å². The first-order valence-corrected chi connectivity index (χ1v) is 14.2. The topological polar surface area (TPSA) is 266 Å². The summed E-state index contributed by atoms with van der Waals surface area (Å²) in [6.07, 6.45) is -1.98. The summed E-state index contributed by atoms with van der Waals surface area (Å²) in [5.74, 6) is -8.98. The van der Waals surface area contributed by atoms with Crippen LogP contribution in [0.5, 0.6) is 0 Å². The molecule has 45 heavy (non-hydrogen) atoms. The lowest BCUT2D eigenvalue weighted by molar-refractivity contribution is -0.144. The van der Waals surface area contributed by atoms with Gasteiger partial charge in [0.05, 0.1) is 6.42 Å². The Morgan fingerprint density at radius 3 is 1.49 bits per heavy atom. The standard InChI is InChI=1S/C29H40N4O12/c1-4-15(2)25(29(44)45)33-27(42)20(10-12-23(37)38)31-26(41)19(9-11-22(35)36)32-28(43)21(30-16(3)34)13-17-5-7-18(8-6-17)14-24(39)40/h5-8,15,19-21,25H,4,9-14H2,1-3H3,(H,30,34)(H,31,41)(H,32,43)(H,33,42)(H,35,36)(H,37,38)(H,39,40)(H,44,45)/t15-,19-,20-,21-,25-/m0/s1. The maximum Gasteiger partial charge on any atom is 0.326 e. The molecule has 8 N–H and O–H groups in total. The number of benzene rings is 1. The van der Waals surface area contributed by atoms with Gasteiger partial charge in [-0.1, -0.05) is 44.5 Å². The quantitative estimate of drug-likeness (QED) is 0.0915. The number of amides is 4. The molecule has 0 bridgehead atoms. The van der Waals surface area contributed by atoms with Gasteiger partial charge in [0.2, 0.25) is 23.6 Å². The molecule has 4 amide bonds. The van der Waals surface area contributed by atoms with E-state index in [-0.39, 0.29) is 12.8 Å². The van der Waals surface area contributed by atoms with Crippen molar-refractivity contribution < 1.29 is 58.8 Å². The van der Waals surface area contributed by atoms with Gasteiger partial charge in [-0.15, -0.1) is 0 Å². The molecule has 0 aliphatic carbocycles. The van der Waals surface area contributed by atoms with Crippen LogP contribution in [-0.4, -0.2) is 92.1 Å². The van der Waals surface area contributed by atoms with Crippen LogP contribution in [0.4, 0.5) is 0 Å². The maximum absolute atomic E-state index is 13.3. The molecule has 0 spiro atoms. The number of aliphatic carboxylic acids is 4. The molecule has 0 fully saturated rings. The monoisotopic (exact) mass is 636 g/mol. The highest BCUT2D eigenvalue weighted by Gasteiger charge is 2.33. The van der Waals surface area contributed by atoms with Crippen LogP contribution >= 0.6 is 0 Å². The third-order valence-electron chi connectivity index (χ3n) is 6.85. The molecular formula is C29H40N4O12. The lowest BCUT2D eigenvalue weighted by Gasteiger charge is -2.27. The van der Waals surface area contributed by atoms with E-state index < -0.39 is 103 Å². The van der Waals surface area contributed by atoms with Crippen LogP contribution in [0.15, 0.2) is 24.3 Å². The summed E-state index contributed by atoms with van der Waals surface area (Å²) in [5, 5.41) is 46.2. The minimum atomic E-state index is -1.55. The molecule has 1 rings (SSSR count). The molecule has 16 heteroatoms. The van der Waals surface area contributed by atoms with E-state index >= 15 is 0 Å². The number of carbonyl (C=O) groups is 8. The number of nitrogens with one attached hydrogen (secondary N) is 4. The number of carboxylic acid groups (broad SMARTS) is 4. The molecule has 0 saturated heterocycles. The van der Waals surface area contributed by atoms with Gasteiger partial charge in [-0.25, -0.2) is 4.79 Å². The largest absolute Gasteiger partial charge is 0.481 e. The van der Waals surface area contributed by atoms with Crippen LogP contribution < -0.4 is 21.3 Å². The number of hydrogen-bond acceptors (Lipinski definition) is 8. The Kier molecular flexibility index (Phi) is 15.7. The van der Waals surface area contributed by atoms with E-state index in [9.17, 15) is 48.6 Å². The molecule has 0 aromatic heterocycles. The fourth-order valence-corrected chi connectivity index (χ4v) is 4.21. The molecule has 5 atom stereocenters. The summed E-state index contributed by atoms with van der Waals surface area (Å²) in [5.41, 5.74) is 1.03. The van der Waals surface area contributed by atoms with Gasteiger partial charge in [-0.2, -0.15) is 0 Å². The van der Waals surface area contributed by atoms with Gasteiger partial charge in [0.25, 0.3) is 0 Å². The SMILES string of the molecule is CC[C@H](C)[C@H](NC(=O)[C@H](CCC(=O)O)NC(=O)[C@H](CCC(=O)O)NC(=O)[C@H](Cc1ccc(CC(=O)O)cc1)NC(C)=O)C(=O)O. The van der Waals surface area contributed by atoms with Crippen LogP contribution in [0.25, 0.3) is 0 Å². The molecule has 0 aliphatic heterocycles. The van der Waals surface area contributed by atoms with E-state index in [2.05, 4.69) is 21.3 Å². The zero-order chi connectivity index (χ0) is 34.3. The lowest BCUT2D eigenvalue weighted by Crippen LogP contribution is -2.58. The predicted octanol–water partition coefficient (Wildman–Crippen LogP) is -0.324. The molecule has 0 aliphatic rings. The van der Waals surface area contributed by atoms with Crippen molar-refractivity contribution in [3.63, 3.8) is 0 Å². The fourth-order valence-electron chi connectivity index (χ4n) is 4.21. The molecule has 1 aromatic rings. The first kappa shape index (κ1) is 38.0. The Morgan fingerprint density at radius 1 is 0.644 bits per heavy atom. The second kappa shape index (κ2) is 18.6. The van der Waals surface area contributed by atoms with Gasteiger partial charge in [-0.05, 0) is 29.9 Å². The van der Waals surface area contributed by atoms with Crippen molar-refractivity contribution in [2.45, 2.75) is 89.9 Å². The first-order chi connectivity index (χ1) is 21.0. The van der Waals surface area contributed by atoms with Gasteiger partial charge in [-0.3, -0.25) is 33.6 Å². The number of hydrogen-bond donors (Lipinski definition) is 8. The van der Waals surface area contributed by atoms with E-state index in [1.54, 1.807) is 26.0 Å². The number of carboxylic acids is 4. The smallest absolute Gasteiger partial charge is 0.326 e. The Labute approximate surface area is 258 Å². The Hall–Kier alpha value is -5.02. The second-order valence-electron chi connectivity index (χ2n) is 10.5. The normalized spacial score (nSPS) is 14.0. The summed E-state index contributed by atoms with van der Waals surface area (Å²) in [6.45, 7) is 4.44. The molecule has 0 saturated carbocycles. The Bertz CT molecular complexity index is 1250. The Morgan fingerprint density at radius 2 is 1.09 bits per heavy atom. The molecule has 16 nitrogen and oxygen atoms in total. The molecule has 0 radical (unpaired) electrons. The van der Waals surface area contributed by atoms with E-state index in [1.807, 2.05) is 0 Å². The highest BCUT2D eigenvalue weighted by Crippen LogP contribution is 2.11. The summed E-state index contributed by atoms with van der Waals surface area (Å²) in [7, 11) is 0. The third-order valence-corrected chi connectivity index (χ3v) is 6.85. The van der Waals surface area contributed by atoms with Crippen molar-refractivity contribution in [1.82, 2.24) is 21.3 Å². The van der Waals surface area contributed by atoms with Crippen molar-refractivity contribution >= 4 is 47.5 Å². The van der Waals surface area contributed by atoms with Gasteiger partial charge in [0, 0.05) is 26.2 Å². The molecule has 248 valence electrons. The van der Waals surface area contributed by atoms with E-state index in [4.69, 9.17) is 10.2 Å². The van der Waals surface area contributed by atoms with Gasteiger partial charge in [0.15, 0.2) is 0 Å². The number of carbonyl (C=O) groups excluding carboxylic acids is 4. The van der Waals surface area contributed by atoms with Crippen molar-refractivity contribution in [1.29, 1.82) is 0 Å². The average Bonchev–Trinajstić information content (AvgIpc) is 2.94. The van der Waals surface area contributed by atoms with Crippen LogP contribution in [-0.2, 0) is 51.2 Å². The predicted molar refractivity (Wildman–Crippen MR) is 156 cm³/mol. The van der Waals surface area contributed by atoms with Gasteiger partial charge in [0.1, 0.15) is 24.2 Å². The van der Waals surface area contributed by atoms with Crippen LogP contribution in [0.3, 0.4) is 0 Å². The van der Waals surface area contributed by atoms with Crippen LogP contribution in [0, 0.1) is 5.92 Å². The molecule has 1 aromatic carbocycles. The molecule has 0 unspecified atom stereocenters. The minimum absolute atomic E-state index is 0.0815. The van der Waals surface area contributed by atoms with Crippen molar-refractivity contribution in [2.24, 2.45) is 5.92 Å². The van der Waals surface area contributed by atoms with Crippen molar-refractivity contribution in [2.75, 3.05) is 0 Å². The van der Waals surface area contributed by atoms with Crippen molar-refractivity contribution in [3.05, 3.63) is 35.4 Å². The van der Waals surface area contributed by atoms with Crippen LogP contribution in [0.1, 0.15) is 64.0 Å². The summed E-state index contributed by atoms with van der Waals surface area (Å²) in [4.78, 5) is 96.6. The number of rotatable bonds is 20. The van der Waals surface area contributed by atoms with Crippen molar-refractivity contribution in [3.8, 4) is 0 Å². The average molecular weight is 637 g/mol. The van der Waals surface area contributed by atoms with Crippen LogP contribution in [0.2, 0.25) is 0 Å². The highest BCUT2D eigenvalue weighted by molar-refractivity contribution is 5.95. The minimum Gasteiger partial charge on any atom is -0.481 e. The summed E-state index contributed by atoms with van der Waals surface area (Å²) < 4.78 is 0. The first-order valence-electron chi connectivity index (χ1n) is 14.2. The third kappa shape index (κ3) is 14.3.